The third-order valence-electron chi connectivity index (χ3n) is 6.56. The van der Waals surface area contributed by atoms with Crippen molar-refractivity contribution in [3.8, 4) is 16.9 Å². The molecule has 0 spiro atoms. The summed E-state index contributed by atoms with van der Waals surface area (Å²) in [5, 5.41) is 0. The van der Waals surface area contributed by atoms with Crippen LogP contribution in [-0.4, -0.2) is 51.4 Å². The van der Waals surface area contributed by atoms with Gasteiger partial charge in [0, 0.05) is 19.3 Å². The number of piperidine rings is 1. The van der Waals surface area contributed by atoms with Crippen LogP contribution in [0.4, 0.5) is 13.2 Å². The van der Waals surface area contributed by atoms with Crippen LogP contribution in [0.2, 0.25) is 0 Å². The molecule has 2 aliphatic rings. The number of alkyl halides is 3. The first-order valence-electron chi connectivity index (χ1n) is 10.9. The summed E-state index contributed by atoms with van der Waals surface area (Å²) in [5.74, 6) is 0.0897. The van der Waals surface area contributed by atoms with Gasteiger partial charge in [-0.3, -0.25) is 4.79 Å². The van der Waals surface area contributed by atoms with Crippen molar-refractivity contribution in [2.45, 2.75) is 36.8 Å². The van der Waals surface area contributed by atoms with E-state index in [1.54, 1.807) is 24.3 Å². The normalized spacial score (nSPS) is 18.7. The van der Waals surface area contributed by atoms with Crippen LogP contribution < -0.4 is 4.74 Å². The fourth-order valence-electron chi connectivity index (χ4n) is 4.20. The minimum atomic E-state index is -4.47. The van der Waals surface area contributed by atoms with E-state index < -0.39 is 27.3 Å². The van der Waals surface area contributed by atoms with Crippen LogP contribution in [0.15, 0.2) is 53.4 Å². The summed E-state index contributed by atoms with van der Waals surface area (Å²) < 4.78 is 68.6. The minimum Gasteiger partial charge on any atom is -0.493 e. The summed E-state index contributed by atoms with van der Waals surface area (Å²) >= 11 is 0. The molecule has 2 aromatic carbocycles. The lowest BCUT2D eigenvalue weighted by Crippen LogP contribution is -2.47. The van der Waals surface area contributed by atoms with Crippen LogP contribution >= 0.6 is 0 Å². The highest BCUT2D eigenvalue weighted by Crippen LogP contribution is 2.58. The second-order valence-electron chi connectivity index (χ2n) is 8.95. The predicted octanol–water partition coefficient (Wildman–Crippen LogP) is 4.72. The van der Waals surface area contributed by atoms with Crippen molar-refractivity contribution in [1.82, 2.24) is 4.90 Å². The molecule has 0 unspecified atom stereocenters. The van der Waals surface area contributed by atoms with Crippen molar-refractivity contribution in [3.05, 3.63) is 48.5 Å². The van der Waals surface area contributed by atoms with Gasteiger partial charge < -0.3 is 9.64 Å². The van der Waals surface area contributed by atoms with E-state index in [1.165, 1.54) is 11.2 Å². The molecule has 1 heterocycles. The summed E-state index contributed by atoms with van der Waals surface area (Å²) in [6.45, 7) is 1.09. The van der Waals surface area contributed by atoms with Crippen molar-refractivity contribution >= 4 is 15.7 Å². The largest absolute Gasteiger partial charge is 0.493 e. The molecule has 1 saturated carbocycles. The molecule has 178 valence electrons. The van der Waals surface area contributed by atoms with Crippen molar-refractivity contribution in [3.63, 3.8) is 0 Å². The molecule has 1 aliphatic heterocycles. The summed E-state index contributed by atoms with van der Waals surface area (Å²) in [5.41, 5.74) is -0.324. The molecule has 1 saturated heterocycles. The number of carbonyl (C=O) groups is 1. The van der Waals surface area contributed by atoms with Gasteiger partial charge in [0.1, 0.15) is 11.2 Å². The summed E-state index contributed by atoms with van der Waals surface area (Å²) in [6.07, 6.45) is -2.27. The predicted molar refractivity (Wildman–Crippen MR) is 118 cm³/mol. The van der Waals surface area contributed by atoms with E-state index in [1.807, 2.05) is 24.3 Å². The molecule has 0 bridgehead atoms. The first-order chi connectivity index (χ1) is 15.5. The van der Waals surface area contributed by atoms with Crippen molar-refractivity contribution in [2.75, 3.05) is 26.0 Å². The maximum atomic E-state index is 13.2. The Hall–Kier alpha value is -2.55. The highest BCUT2D eigenvalue weighted by atomic mass is 32.2. The zero-order valence-corrected chi connectivity index (χ0v) is 19.1. The van der Waals surface area contributed by atoms with Gasteiger partial charge in [-0.1, -0.05) is 24.3 Å². The van der Waals surface area contributed by atoms with Gasteiger partial charge in [-0.15, -0.1) is 0 Å². The van der Waals surface area contributed by atoms with Gasteiger partial charge in [0.25, 0.3) is 0 Å². The molecular formula is C24H26F3NO4S. The first kappa shape index (κ1) is 23.6. The van der Waals surface area contributed by atoms with Crippen LogP contribution in [0.1, 0.15) is 25.7 Å². The summed E-state index contributed by atoms with van der Waals surface area (Å²) in [4.78, 5) is 14.0. The third kappa shape index (κ3) is 5.03. The van der Waals surface area contributed by atoms with E-state index >= 15 is 0 Å². The Morgan fingerprint density at radius 1 is 1.00 bits per heavy atom. The molecule has 33 heavy (non-hydrogen) atoms. The fraction of sp³-hybridized carbons (Fsp3) is 0.458. The number of amides is 1. The van der Waals surface area contributed by atoms with Crippen LogP contribution in [-0.2, 0) is 14.6 Å². The van der Waals surface area contributed by atoms with Gasteiger partial charge in [-0.25, -0.2) is 8.42 Å². The zero-order chi connectivity index (χ0) is 23.9. The molecule has 5 nitrogen and oxygen atoms in total. The number of halogens is 3. The van der Waals surface area contributed by atoms with Gasteiger partial charge in [-0.2, -0.15) is 13.2 Å². The molecule has 0 N–H and O–H groups in total. The topological polar surface area (TPSA) is 63.7 Å². The number of sulfone groups is 1. The van der Waals surface area contributed by atoms with Crippen LogP contribution in [0.3, 0.4) is 0 Å². The van der Waals surface area contributed by atoms with Gasteiger partial charge in [0.05, 0.1) is 11.5 Å². The Morgan fingerprint density at radius 3 is 1.97 bits per heavy atom. The monoisotopic (exact) mass is 481 g/mol. The summed E-state index contributed by atoms with van der Waals surface area (Å²) in [6, 6.07) is 14.1. The van der Waals surface area contributed by atoms with Crippen LogP contribution in [0.5, 0.6) is 5.75 Å². The molecule has 1 amide bonds. The maximum Gasteiger partial charge on any atom is 0.403 e. The van der Waals surface area contributed by atoms with E-state index in [9.17, 15) is 26.4 Å². The SMILES string of the molecule is CS(=O)(=O)c1ccc(-c2ccc(OCC3CCN(C(=O)C4(C(F)(F)F)CC4)CC3)cc2)cc1. The second kappa shape index (κ2) is 8.66. The average molecular weight is 482 g/mol. The molecule has 4 rings (SSSR count). The van der Waals surface area contributed by atoms with E-state index in [2.05, 4.69) is 0 Å². The number of carbonyl (C=O) groups excluding carboxylic acids is 1. The van der Waals surface area contributed by atoms with Crippen LogP contribution in [0, 0.1) is 11.3 Å². The molecule has 2 fully saturated rings. The highest BCUT2D eigenvalue weighted by molar-refractivity contribution is 7.90. The molecule has 0 atom stereocenters. The van der Waals surface area contributed by atoms with E-state index in [0.717, 1.165) is 11.1 Å². The molecule has 0 radical (unpaired) electrons. The quantitative estimate of drug-likeness (QED) is 0.599. The zero-order valence-electron chi connectivity index (χ0n) is 18.3. The third-order valence-corrected chi connectivity index (χ3v) is 7.69. The second-order valence-corrected chi connectivity index (χ2v) is 11.0. The van der Waals surface area contributed by atoms with Gasteiger partial charge in [0.2, 0.25) is 5.91 Å². The van der Waals surface area contributed by atoms with Gasteiger partial charge in [-0.05, 0) is 67.0 Å². The fourth-order valence-corrected chi connectivity index (χ4v) is 4.83. The van der Waals surface area contributed by atoms with Gasteiger partial charge >= 0.3 is 6.18 Å². The molecule has 1 aliphatic carbocycles. The Kier molecular flexibility index (Phi) is 6.20. The Balaban J connectivity index is 1.27. The lowest BCUT2D eigenvalue weighted by Gasteiger charge is -2.34. The van der Waals surface area contributed by atoms with Crippen molar-refractivity contribution in [2.24, 2.45) is 11.3 Å². The molecule has 2 aromatic rings. The van der Waals surface area contributed by atoms with E-state index in [4.69, 9.17) is 4.74 Å². The molecule has 9 heteroatoms. The van der Waals surface area contributed by atoms with E-state index in [0.29, 0.717) is 38.3 Å². The number of ether oxygens (including phenoxy) is 1. The number of hydrogen-bond donors (Lipinski definition) is 0. The average Bonchev–Trinajstić information content (AvgIpc) is 3.60. The Labute approximate surface area is 191 Å². The van der Waals surface area contributed by atoms with Gasteiger partial charge in [0.15, 0.2) is 9.84 Å². The lowest BCUT2D eigenvalue weighted by atomic mass is 9.95. The van der Waals surface area contributed by atoms with Crippen molar-refractivity contribution in [1.29, 1.82) is 0 Å². The maximum absolute atomic E-state index is 13.2. The number of nitrogens with zero attached hydrogens (tertiary/aromatic N) is 1. The summed E-state index contributed by atoms with van der Waals surface area (Å²) in [7, 11) is -3.24. The smallest absolute Gasteiger partial charge is 0.403 e. The lowest BCUT2D eigenvalue weighted by molar-refractivity contribution is -0.199. The number of hydrogen-bond acceptors (Lipinski definition) is 4. The van der Waals surface area contributed by atoms with Crippen molar-refractivity contribution < 1.29 is 31.1 Å². The van der Waals surface area contributed by atoms with Crippen LogP contribution in [0.25, 0.3) is 11.1 Å². The highest BCUT2D eigenvalue weighted by Gasteiger charge is 2.69. The Morgan fingerprint density at radius 2 is 1.52 bits per heavy atom. The standard InChI is InChI=1S/C24H26F3NO4S/c1-33(30,31)21-8-4-19(5-9-21)18-2-6-20(7-3-18)32-16-17-10-14-28(15-11-17)22(29)23(12-13-23)24(25,26)27/h2-9,17H,10-16H2,1H3. The Bertz CT molecular complexity index is 1100. The minimum absolute atomic E-state index is 0.101. The first-order valence-corrected chi connectivity index (χ1v) is 12.8. The number of benzene rings is 2. The molecule has 0 aromatic heterocycles. The molecular weight excluding hydrogens is 455 g/mol. The number of rotatable bonds is 6. The van der Waals surface area contributed by atoms with E-state index in [-0.39, 0.29) is 23.7 Å². The number of likely N-dealkylation sites (tertiary alicyclic amines) is 1.